The van der Waals surface area contributed by atoms with Crippen LogP contribution in [-0.4, -0.2) is 48.9 Å². The molecule has 110 valence electrons. The molecule has 5 heteroatoms. The van der Waals surface area contributed by atoms with E-state index >= 15 is 0 Å². The van der Waals surface area contributed by atoms with Gasteiger partial charge in [-0.3, -0.25) is 4.79 Å². The third kappa shape index (κ3) is 5.71. The number of carbonyl (C=O) groups is 1. The van der Waals surface area contributed by atoms with Crippen molar-refractivity contribution < 1.29 is 14.3 Å². The second-order valence-corrected chi connectivity index (χ2v) is 6.63. The Hall–Kier alpha value is -0.260. The number of esters is 1. The fraction of sp³-hybridized carbons (Fsp3) is 0.929. The lowest BCUT2D eigenvalue weighted by Gasteiger charge is -2.22. The quantitative estimate of drug-likeness (QED) is 0.692. The van der Waals surface area contributed by atoms with Gasteiger partial charge in [0.1, 0.15) is 6.04 Å². The first-order valence-corrected chi connectivity index (χ1v) is 8.46. The zero-order valence-electron chi connectivity index (χ0n) is 11.7. The van der Waals surface area contributed by atoms with E-state index in [4.69, 9.17) is 9.47 Å². The zero-order chi connectivity index (χ0) is 13.5. The van der Waals surface area contributed by atoms with Crippen LogP contribution >= 0.6 is 11.8 Å². The van der Waals surface area contributed by atoms with E-state index in [-0.39, 0.29) is 12.0 Å². The van der Waals surface area contributed by atoms with Crippen molar-refractivity contribution in [2.75, 3.05) is 25.6 Å². The normalized spacial score (nSPS) is 22.2. The lowest BCUT2D eigenvalue weighted by atomic mass is 10.2. The molecule has 1 unspecified atom stereocenters. The van der Waals surface area contributed by atoms with Gasteiger partial charge in [0.2, 0.25) is 0 Å². The summed E-state index contributed by atoms with van der Waals surface area (Å²) >= 11 is 1.98. The van der Waals surface area contributed by atoms with Gasteiger partial charge >= 0.3 is 5.97 Å². The maximum atomic E-state index is 11.9. The topological polar surface area (TPSA) is 47.6 Å². The number of nitrogens with one attached hydrogen (secondary N) is 1. The van der Waals surface area contributed by atoms with Crippen LogP contribution in [0, 0.1) is 0 Å². The fourth-order valence-corrected chi connectivity index (χ4v) is 3.47. The van der Waals surface area contributed by atoms with E-state index in [1.807, 2.05) is 18.7 Å². The molecule has 0 radical (unpaired) electrons. The summed E-state index contributed by atoms with van der Waals surface area (Å²) in [6.07, 6.45) is 5.55. The highest BCUT2D eigenvalue weighted by atomic mass is 32.2. The summed E-state index contributed by atoms with van der Waals surface area (Å²) in [6, 6.07) is 0.433. The van der Waals surface area contributed by atoms with Gasteiger partial charge in [0.15, 0.2) is 0 Å². The van der Waals surface area contributed by atoms with Gasteiger partial charge in [-0.15, -0.1) is 0 Å². The van der Waals surface area contributed by atoms with Crippen molar-refractivity contribution in [3.63, 3.8) is 0 Å². The van der Waals surface area contributed by atoms with Crippen molar-refractivity contribution in [1.82, 2.24) is 5.32 Å². The molecule has 1 aliphatic heterocycles. The Morgan fingerprint density at radius 2 is 2.11 bits per heavy atom. The molecule has 1 N–H and O–H groups in total. The lowest BCUT2D eigenvalue weighted by molar-refractivity contribution is -0.145. The van der Waals surface area contributed by atoms with Crippen LogP contribution in [0.1, 0.15) is 39.0 Å². The third-order valence-electron chi connectivity index (χ3n) is 3.51. The molecule has 1 aliphatic carbocycles. The van der Waals surface area contributed by atoms with Crippen LogP contribution in [0.5, 0.6) is 0 Å². The lowest BCUT2D eigenvalue weighted by Crippen LogP contribution is -2.40. The monoisotopic (exact) mass is 287 g/mol. The van der Waals surface area contributed by atoms with Gasteiger partial charge in [-0.1, -0.05) is 0 Å². The summed E-state index contributed by atoms with van der Waals surface area (Å²) in [5.41, 5.74) is 0. The number of rotatable bonds is 8. The Morgan fingerprint density at radius 1 is 1.37 bits per heavy atom. The van der Waals surface area contributed by atoms with Crippen LogP contribution in [0.2, 0.25) is 0 Å². The van der Waals surface area contributed by atoms with E-state index in [0.29, 0.717) is 17.9 Å². The molecule has 1 saturated carbocycles. The summed E-state index contributed by atoms with van der Waals surface area (Å²) in [5.74, 6) is 0.940. The molecule has 2 fully saturated rings. The van der Waals surface area contributed by atoms with E-state index in [1.165, 1.54) is 12.8 Å². The molecule has 0 bridgehead atoms. The van der Waals surface area contributed by atoms with Crippen LogP contribution in [-0.2, 0) is 14.3 Å². The van der Waals surface area contributed by atoms with Crippen molar-refractivity contribution in [2.45, 2.75) is 56.4 Å². The molecule has 1 saturated heterocycles. The average Bonchev–Trinajstić information content (AvgIpc) is 3.23. The average molecular weight is 287 g/mol. The van der Waals surface area contributed by atoms with E-state index in [1.54, 1.807) is 0 Å². The molecule has 4 nitrogen and oxygen atoms in total. The standard InChI is InChI=1S/C14H25NO3S/c1-2-18-14(16)13(15-11-3-4-11)7-10-19-12-5-8-17-9-6-12/h11-13,15H,2-10H2,1H3. The van der Waals surface area contributed by atoms with Crippen LogP contribution in [0.4, 0.5) is 0 Å². The molecular formula is C14H25NO3S. The van der Waals surface area contributed by atoms with E-state index in [0.717, 1.165) is 38.2 Å². The van der Waals surface area contributed by atoms with Crippen molar-refractivity contribution in [3.05, 3.63) is 0 Å². The summed E-state index contributed by atoms with van der Waals surface area (Å²) in [5, 5.41) is 4.11. The number of carbonyl (C=O) groups excluding carboxylic acids is 1. The molecule has 19 heavy (non-hydrogen) atoms. The Morgan fingerprint density at radius 3 is 2.74 bits per heavy atom. The van der Waals surface area contributed by atoms with Gasteiger partial charge < -0.3 is 14.8 Å². The first kappa shape index (κ1) is 15.1. The van der Waals surface area contributed by atoms with Crippen molar-refractivity contribution in [2.24, 2.45) is 0 Å². The molecule has 1 atom stereocenters. The maximum absolute atomic E-state index is 11.9. The van der Waals surface area contributed by atoms with Crippen molar-refractivity contribution in [3.8, 4) is 0 Å². The second kappa shape index (κ2) is 8.12. The number of ether oxygens (including phenoxy) is 2. The van der Waals surface area contributed by atoms with Gasteiger partial charge in [-0.05, 0) is 44.8 Å². The third-order valence-corrected chi connectivity index (χ3v) is 4.93. The fourth-order valence-electron chi connectivity index (χ4n) is 2.24. The molecule has 0 aromatic carbocycles. The number of hydrogen-bond donors (Lipinski definition) is 1. The Kier molecular flexibility index (Phi) is 6.47. The highest BCUT2D eigenvalue weighted by molar-refractivity contribution is 7.99. The first-order valence-electron chi connectivity index (χ1n) is 7.41. The minimum Gasteiger partial charge on any atom is -0.465 e. The summed E-state index contributed by atoms with van der Waals surface area (Å²) < 4.78 is 10.5. The zero-order valence-corrected chi connectivity index (χ0v) is 12.5. The minimum absolute atomic E-state index is 0.0815. The Balaban J connectivity index is 1.67. The maximum Gasteiger partial charge on any atom is 0.323 e. The minimum atomic E-state index is -0.111. The van der Waals surface area contributed by atoms with Gasteiger partial charge in [0, 0.05) is 24.5 Å². The van der Waals surface area contributed by atoms with Crippen molar-refractivity contribution >= 4 is 17.7 Å². The molecule has 0 aromatic rings. The summed E-state index contributed by atoms with van der Waals surface area (Å²) in [6.45, 7) is 4.11. The SMILES string of the molecule is CCOC(=O)C(CCSC1CCOCC1)NC1CC1. The molecule has 2 aliphatic rings. The van der Waals surface area contributed by atoms with Gasteiger partial charge in [-0.2, -0.15) is 11.8 Å². The highest BCUT2D eigenvalue weighted by Gasteiger charge is 2.29. The largest absolute Gasteiger partial charge is 0.465 e. The second-order valence-electron chi connectivity index (χ2n) is 5.22. The molecule has 0 amide bonds. The highest BCUT2D eigenvalue weighted by Crippen LogP contribution is 2.24. The Bertz CT molecular complexity index is 278. The molecule has 1 heterocycles. The summed E-state index contributed by atoms with van der Waals surface area (Å²) in [7, 11) is 0. The van der Waals surface area contributed by atoms with E-state index in [9.17, 15) is 4.79 Å². The predicted octanol–water partition coefficient (Wildman–Crippen LogP) is 1.97. The molecule has 2 rings (SSSR count). The van der Waals surface area contributed by atoms with Crippen molar-refractivity contribution in [1.29, 1.82) is 0 Å². The van der Waals surface area contributed by atoms with Crippen LogP contribution in [0.15, 0.2) is 0 Å². The molecular weight excluding hydrogens is 262 g/mol. The molecule has 0 spiro atoms. The summed E-state index contributed by atoms with van der Waals surface area (Å²) in [4.78, 5) is 11.9. The number of thioether (sulfide) groups is 1. The smallest absolute Gasteiger partial charge is 0.323 e. The van der Waals surface area contributed by atoms with Crippen LogP contribution < -0.4 is 5.32 Å². The Labute approximate surface area is 120 Å². The molecule has 0 aromatic heterocycles. The van der Waals surface area contributed by atoms with E-state index < -0.39 is 0 Å². The van der Waals surface area contributed by atoms with E-state index in [2.05, 4.69) is 5.32 Å². The van der Waals surface area contributed by atoms with Crippen LogP contribution in [0.3, 0.4) is 0 Å². The van der Waals surface area contributed by atoms with Crippen LogP contribution in [0.25, 0.3) is 0 Å². The van der Waals surface area contributed by atoms with Gasteiger partial charge in [-0.25, -0.2) is 0 Å². The van der Waals surface area contributed by atoms with Gasteiger partial charge in [0.05, 0.1) is 6.61 Å². The predicted molar refractivity (Wildman–Crippen MR) is 77.5 cm³/mol. The van der Waals surface area contributed by atoms with Gasteiger partial charge in [0.25, 0.3) is 0 Å². The number of hydrogen-bond acceptors (Lipinski definition) is 5. The first-order chi connectivity index (χ1) is 9.29.